The summed E-state index contributed by atoms with van der Waals surface area (Å²) in [5, 5.41) is 10.9. The molecule has 6 nitrogen and oxygen atoms in total. The molecule has 0 spiro atoms. The molecule has 2 aliphatic rings. The van der Waals surface area contributed by atoms with Gasteiger partial charge in [0.05, 0.1) is 17.4 Å². The highest BCUT2D eigenvalue weighted by molar-refractivity contribution is 5.87. The fourth-order valence-electron chi connectivity index (χ4n) is 4.97. The number of likely N-dealkylation sites (tertiary alicyclic amines) is 1. The monoisotopic (exact) mass is 408 g/mol. The maximum atomic E-state index is 12.6. The van der Waals surface area contributed by atoms with Crippen LogP contribution in [0.4, 0.5) is 5.69 Å². The van der Waals surface area contributed by atoms with Gasteiger partial charge in [0, 0.05) is 18.7 Å². The quantitative estimate of drug-likeness (QED) is 0.394. The van der Waals surface area contributed by atoms with Crippen LogP contribution in [0, 0.1) is 22.0 Å². The minimum Gasteiger partial charge on any atom is -0.468 e. The van der Waals surface area contributed by atoms with E-state index < -0.39 is 10.3 Å². The van der Waals surface area contributed by atoms with Gasteiger partial charge in [-0.25, -0.2) is 0 Å². The first-order chi connectivity index (χ1) is 14.5. The fraction of sp³-hybridized carbons (Fsp3) is 0.458. The SMILES string of the molecule is COC(=O)C1(c2ccc([N+](=O)[O-])cc2)CC1CN1CCC(Cc2ccccc2)CC1. The number of ether oxygens (including phenoxy) is 1. The second-order valence-corrected chi connectivity index (χ2v) is 8.60. The number of hydrogen-bond acceptors (Lipinski definition) is 5. The number of nitro groups is 1. The van der Waals surface area contributed by atoms with Crippen LogP contribution in [0.2, 0.25) is 0 Å². The van der Waals surface area contributed by atoms with Crippen molar-refractivity contribution < 1.29 is 14.5 Å². The second kappa shape index (κ2) is 8.56. The van der Waals surface area contributed by atoms with Gasteiger partial charge in [-0.1, -0.05) is 42.5 Å². The Morgan fingerprint density at radius 1 is 1.13 bits per heavy atom. The molecule has 0 amide bonds. The van der Waals surface area contributed by atoms with Gasteiger partial charge in [-0.05, 0) is 61.7 Å². The summed E-state index contributed by atoms with van der Waals surface area (Å²) in [5.74, 6) is 0.667. The average Bonchev–Trinajstić information content (AvgIpc) is 3.50. The zero-order valence-electron chi connectivity index (χ0n) is 17.3. The topological polar surface area (TPSA) is 72.7 Å². The second-order valence-electron chi connectivity index (χ2n) is 8.60. The largest absolute Gasteiger partial charge is 0.468 e. The van der Waals surface area contributed by atoms with E-state index in [1.54, 1.807) is 12.1 Å². The Morgan fingerprint density at radius 2 is 1.80 bits per heavy atom. The summed E-state index contributed by atoms with van der Waals surface area (Å²) in [5.41, 5.74) is 1.60. The van der Waals surface area contributed by atoms with E-state index >= 15 is 0 Å². The molecule has 158 valence electrons. The molecule has 2 fully saturated rings. The Hall–Kier alpha value is -2.73. The van der Waals surface area contributed by atoms with Gasteiger partial charge in [-0.15, -0.1) is 0 Å². The number of nitrogens with zero attached hydrogens (tertiary/aromatic N) is 2. The Kier molecular flexibility index (Phi) is 5.86. The Bertz CT molecular complexity index is 891. The van der Waals surface area contributed by atoms with E-state index in [9.17, 15) is 14.9 Å². The molecule has 2 unspecified atom stereocenters. The minimum absolute atomic E-state index is 0.0384. The van der Waals surface area contributed by atoms with E-state index in [1.165, 1.54) is 37.6 Å². The molecular weight excluding hydrogens is 380 g/mol. The van der Waals surface area contributed by atoms with Crippen molar-refractivity contribution in [3.63, 3.8) is 0 Å². The molecule has 4 rings (SSSR count). The first-order valence-electron chi connectivity index (χ1n) is 10.6. The smallest absolute Gasteiger partial charge is 0.316 e. The van der Waals surface area contributed by atoms with E-state index in [0.29, 0.717) is 5.92 Å². The van der Waals surface area contributed by atoms with Gasteiger partial charge in [-0.2, -0.15) is 0 Å². The van der Waals surface area contributed by atoms with Crippen molar-refractivity contribution in [1.82, 2.24) is 4.90 Å². The number of rotatable bonds is 7. The molecule has 1 heterocycles. The lowest BCUT2D eigenvalue weighted by atomic mass is 9.89. The highest BCUT2D eigenvalue weighted by atomic mass is 16.6. The third-order valence-corrected chi connectivity index (χ3v) is 6.80. The van der Waals surface area contributed by atoms with Crippen molar-refractivity contribution in [3.8, 4) is 0 Å². The van der Waals surface area contributed by atoms with Crippen LogP contribution in [0.1, 0.15) is 30.4 Å². The van der Waals surface area contributed by atoms with Gasteiger partial charge in [0.15, 0.2) is 0 Å². The maximum absolute atomic E-state index is 12.6. The molecule has 0 bridgehead atoms. The number of carbonyl (C=O) groups is 1. The molecule has 1 saturated heterocycles. The van der Waals surface area contributed by atoms with Crippen LogP contribution in [-0.4, -0.2) is 42.5 Å². The molecule has 0 N–H and O–H groups in total. The van der Waals surface area contributed by atoms with Crippen LogP contribution in [0.5, 0.6) is 0 Å². The fourth-order valence-corrected chi connectivity index (χ4v) is 4.97. The molecule has 1 aliphatic heterocycles. The summed E-state index contributed by atoms with van der Waals surface area (Å²) < 4.78 is 5.12. The Labute approximate surface area is 177 Å². The van der Waals surface area contributed by atoms with Crippen molar-refractivity contribution in [2.75, 3.05) is 26.7 Å². The molecule has 2 aromatic carbocycles. The van der Waals surface area contributed by atoms with Crippen molar-refractivity contribution in [3.05, 3.63) is 75.8 Å². The summed E-state index contributed by atoms with van der Waals surface area (Å²) in [6.07, 6.45) is 4.21. The summed E-state index contributed by atoms with van der Waals surface area (Å²) in [6.45, 7) is 2.96. The Balaban J connectivity index is 1.36. The van der Waals surface area contributed by atoms with Crippen molar-refractivity contribution in [2.45, 2.75) is 31.1 Å². The van der Waals surface area contributed by atoms with Crippen LogP contribution in [0.3, 0.4) is 0 Å². The van der Waals surface area contributed by atoms with E-state index in [2.05, 4.69) is 35.2 Å². The molecule has 30 heavy (non-hydrogen) atoms. The number of esters is 1. The molecule has 6 heteroatoms. The van der Waals surface area contributed by atoms with E-state index in [1.807, 2.05) is 0 Å². The van der Waals surface area contributed by atoms with Crippen molar-refractivity contribution in [2.24, 2.45) is 11.8 Å². The highest BCUT2D eigenvalue weighted by Gasteiger charge is 2.62. The Morgan fingerprint density at radius 3 is 2.40 bits per heavy atom. The maximum Gasteiger partial charge on any atom is 0.316 e. The first-order valence-corrected chi connectivity index (χ1v) is 10.6. The van der Waals surface area contributed by atoms with Gasteiger partial charge >= 0.3 is 5.97 Å². The molecule has 0 aromatic heterocycles. The van der Waals surface area contributed by atoms with E-state index in [-0.39, 0.29) is 17.6 Å². The van der Waals surface area contributed by atoms with Gasteiger partial charge in [0.2, 0.25) is 0 Å². The molecular formula is C24H28N2O4. The van der Waals surface area contributed by atoms with Crippen molar-refractivity contribution in [1.29, 1.82) is 0 Å². The summed E-state index contributed by atoms with van der Waals surface area (Å²) in [7, 11) is 1.42. The standard InChI is InChI=1S/C24H28N2O4/c1-30-23(27)24(20-7-9-22(10-8-20)26(28)29)16-21(24)17-25-13-11-19(12-14-25)15-18-5-3-2-4-6-18/h2-10,19,21H,11-17H2,1H3. The van der Waals surface area contributed by atoms with Gasteiger partial charge < -0.3 is 9.64 Å². The predicted molar refractivity (Wildman–Crippen MR) is 114 cm³/mol. The van der Waals surface area contributed by atoms with Crippen LogP contribution < -0.4 is 0 Å². The van der Waals surface area contributed by atoms with E-state index in [4.69, 9.17) is 4.74 Å². The lowest BCUT2D eigenvalue weighted by molar-refractivity contribution is -0.384. The number of benzene rings is 2. The lowest BCUT2D eigenvalue weighted by Crippen LogP contribution is -2.37. The molecule has 1 saturated carbocycles. The number of piperidine rings is 1. The molecule has 2 atom stereocenters. The number of carbonyl (C=O) groups excluding carboxylic acids is 1. The zero-order valence-corrected chi connectivity index (χ0v) is 17.3. The summed E-state index contributed by atoms with van der Waals surface area (Å²) in [6, 6.07) is 17.0. The van der Waals surface area contributed by atoms with E-state index in [0.717, 1.165) is 38.0 Å². The first kappa shape index (κ1) is 20.5. The molecule has 2 aromatic rings. The van der Waals surface area contributed by atoms with Crippen LogP contribution in [0.25, 0.3) is 0 Å². The number of nitro benzene ring substituents is 1. The summed E-state index contributed by atoms with van der Waals surface area (Å²) in [4.78, 5) is 25.6. The minimum atomic E-state index is -0.662. The van der Waals surface area contributed by atoms with Crippen LogP contribution in [-0.2, 0) is 21.4 Å². The normalized spacial score (nSPS) is 24.4. The molecule has 0 radical (unpaired) electrons. The third kappa shape index (κ3) is 4.10. The molecule has 1 aliphatic carbocycles. The average molecular weight is 408 g/mol. The third-order valence-electron chi connectivity index (χ3n) is 6.80. The van der Waals surface area contributed by atoms with Crippen LogP contribution in [0.15, 0.2) is 54.6 Å². The predicted octanol–water partition coefficient (Wildman–Crippen LogP) is 3.98. The zero-order chi connectivity index (χ0) is 21.1. The van der Waals surface area contributed by atoms with Gasteiger partial charge in [0.25, 0.3) is 5.69 Å². The summed E-state index contributed by atoms with van der Waals surface area (Å²) >= 11 is 0. The highest BCUT2D eigenvalue weighted by Crippen LogP contribution is 2.55. The lowest BCUT2D eigenvalue weighted by Gasteiger charge is -2.32. The van der Waals surface area contributed by atoms with Gasteiger partial charge in [-0.3, -0.25) is 14.9 Å². The number of non-ortho nitro benzene ring substituents is 1. The van der Waals surface area contributed by atoms with Crippen LogP contribution >= 0.6 is 0 Å². The van der Waals surface area contributed by atoms with Gasteiger partial charge in [0.1, 0.15) is 0 Å². The van der Waals surface area contributed by atoms with Crippen molar-refractivity contribution >= 4 is 11.7 Å². The number of methoxy groups -OCH3 is 1. The number of hydrogen-bond donors (Lipinski definition) is 0.